The van der Waals surface area contributed by atoms with Crippen LogP contribution >= 0.6 is 15.9 Å². The number of sulfone groups is 1. The Bertz CT molecular complexity index is 498. The van der Waals surface area contributed by atoms with Crippen LogP contribution in [0.5, 0.6) is 5.75 Å². The Balaban J connectivity index is 1.99. The molecule has 1 aromatic rings. The normalized spacial score (nSPS) is 18.1. The van der Waals surface area contributed by atoms with Crippen molar-refractivity contribution >= 4 is 25.8 Å². The van der Waals surface area contributed by atoms with Crippen LogP contribution in [0.3, 0.4) is 0 Å². The number of hydrogen-bond donors (Lipinski definition) is 0. The molecule has 3 nitrogen and oxygen atoms in total. The number of benzene rings is 1. The summed E-state index contributed by atoms with van der Waals surface area (Å²) < 4.78 is 28.4. The molecule has 0 aliphatic heterocycles. The molecule has 0 bridgehead atoms. The monoisotopic (exact) mass is 332 g/mol. The summed E-state index contributed by atoms with van der Waals surface area (Å²) in [4.78, 5) is 0.327. The lowest BCUT2D eigenvalue weighted by Gasteiger charge is -2.39. The quantitative estimate of drug-likeness (QED) is 0.778. The largest absolute Gasteiger partial charge is 0.493 e. The Morgan fingerprint density at radius 3 is 2.28 bits per heavy atom. The minimum Gasteiger partial charge on any atom is -0.493 e. The van der Waals surface area contributed by atoms with Gasteiger partial charge in [-0.2, -0.15) is 0 Å². The Morgan fingerprint density at radius 2 is 1.89 bits per heavy atom. The van der Waals surface area contributed by atoms with Crippen molar-refractivity contribution in [3.8, 4) is 5.75 Å². The van der Waals surface area contributed by atoms with E-state index in [0.717, 1.165) is 11.1 Å². The molecule has 0 heterocycles. The molecule has 0 spiro atoms. The molecule has 1 aliphatic carbocycles. The molecule has 0 N–H and O–H groups in total. The third-order valence-electron chi connectivity index (χ3n) is 3.49. The molecule has 1 aromatic carbocycles. The lowest BCUT2D eigenvalue weighted by Crippen LogP contribution is -2.37. The van der Waals surface area contributed by atoms with Gasteiger partial charge in [0.25, 0.3) is 0 Å². The van der Waals surface area contributed by atoms with Crippen molar-refractivity contribution in [2.75, 3.05) is 18.2 Å². The smallest absolute Gasteiger partial charge is 0.175 e. The molecule has 0 unspecified atom stereocenters. The molecule has 0 amide bonds. The highest BCUT2D eigenvalue weighted by atomic mass is 79.9. The highest BCUT2D eigenvalue weighted by molar-refractivity contribution is 9.09. The third-order valence-corrected chi connectivity index (χ3v) is 5.81. The molecule has 5 heteroatoms. The van der Waals surface area contributed by atoms with E-state index in [-0.39, 0.29) is 5.41 Å². The molecule has 1 aliphatic rings. The average molecular weight is 333 g/mol. The number of hydrogen-bond acceptors (Lipinski definition) is 3. The summed E-state index contributed by atoms with van der Waals surface area (Å²) in [5, 5.41) is 0.960. The number of ether oxygens (including phenoxy) is 1. The SMILES string of the molecule is CS(=O)(=O)c1ccc(OCC2(CBr)CCC2)cc1. The first kappa shape index (κ1) is 13.9. The second-order valence-electron chi connectivity index (χ2n) is 5.02. The summed E-state index contributed by atoms with van der Waals surface area (Å²) >= 11 is 3.54. The predicted molar refractivity (Wildman–Crippen MR) is 75.1 cm³/mol. The van der Waals surface area contributed by atoms with Crippen molar-refractivity contribution in [3.05, 3.63) is 24.3 Å². The van der Waals surface area contributed by atoms with Gasteiger partial charge < -0.3 is 4.74 Å². The molecular weight excluding hydrogens is 316 g/mol. The van der Waals surface area contributed by atoms with E-state index >= 15 is 0 Å². The van der Waals surface area contributed by atoms with Crippen LogP contribution in [0.2, 0.25) is 0 Å². The first-order valence-corrected chi connectivity index (χ1v) is 8.95. The lowest BCUT2D eigenvalue weighted by atomic mass is 9.71. The summed E-state index contributed by atoms with van der Waals surface area (Å²) in [5.41, 5.74) is 0.273. The molecule has 0 saturated heterocycles. The van der Waals surface area contributed by atoms with E-state index in [1.807, 2.05) is 0 Å². The van der Waals surface area contributed by atoms with Crippen LogP contribution in [-0.4, -0.2) is 26.6 Å². The van der Waals surface area contributed by atoms with E-state index in [1.165, 1.54) is 25.5 Å². The van der Waals surface area contributed by atoms with Crippen LogP contribution in [0, 0.1) is 5.41 Å². The van der Waals surface area contributed by atoms with Gasteiger partial charge >= 0.3 is 0 Å². The van der Waals surface area contributed by atoms with Crippen LogP contribution in [0.25, 0.3) is 0 Å². The van der Waals surface area contributed by atoms with Gasteiger partial charge in [-0.1, -0.05) is 22.4 Å². The fourth-order valence-corrected chi connectivity index (χ4v) is 3.37. The zero-order chi connectivity index (χ0) is 13.2. The molecule has 0 atom stereocenters. The maximum atomic E-state index is 11.3. The Kier molecular flexibility index (Phi) is 4.02. The predicted octanol–water partition coefficient (Wildman–Crippen LogP) is 3.03. The molecule has 1 saturated carbocycles. The molecule has 0 radical (unpaired) electrons. The highest BCUT2D eigenvalue weighted by Crippen LogP contribution is 2.42. The summed E-state index contributed by atoms with van der Waals surface area (Å²) in [6.07, 6.45) is 4.86. The molecule has 1 fully saturated rings. The van der Waals surface area contributed by atoms with Gasteiger partial charge in [-0.05, 0) is 37.1 Å². The van der Waals surface area contributed by atoms with Gasteiger partial charge in [0.2, 0.25) is 0 Å². The maximum absolute atomic E-state index is 11.3. The van der Waals surface area contributed by atoms with Crippen LogP contribution in [0.4, 0.5) is 0 Å². The van der Waals surface area contributed by atoms with E-state index in [4.69, 9.17) is 4.74 Å². The standard InChI is InChI=1S/C13H17BrO3S/c1-18(15,16)12-5-3-11(4-6-12)17-10-13(9-14)7-2-8-13/h3-6H,2,7-10H2,1H3. The highest BCUT2D eigenvalue weighted by Gasteiger charge is 2.36. The van der Waals surface area contributed by atoms with Crippen LogP contribution in [0.1, 0.15) is 19.3 Å². The second-order valence-corrected chi connectivity index (χ2v) is 7.60. The Morgan fingerprint density at radius 1 is 1.28 bits per heavy atom. The van der Waals surface area contributed by atoms with Crippen LogP contribution < -0.4 is 4.74 Å². The minimum atomic E-state index is -3.12. The van der Waals surface area contributed by atoms with Gasteiger partial charge in [-0.3, -0.25) is 0 Å². The first-order chi connectivity index (χ1) is 8.45. The van der Waals surface area contributed by atoms with Crippen molar-refractivity contribution in [2.24, 2.45) is 5.41 Å². The summed E-state index contributed by atoms with van der Waals surface area (Å²) in [6, 6.07) is 6.62. The van der Waals surface area contributed by atoms with Crippen molar-refractivity contribution in [1.82, 2.24) is 0 Å². The summed E-state index contributed by atoms with van der Waals surface area (Å²) in [5.74, 6) is 0.731. The Labute approximate surface area is 117 Å². The van der Waals surface area contributed by atoms with Gasteiger partial charge in [0.05, 0.1) is 11.5 Å². The lowest BCUT2D eigenvalue weighted by molar-refractivity contribution is 0.0838. The van der Waals surface area contributed by atoms with Crippen molar-refractivity contribution in [1.29, 1.82) is 0 Å². The zero-order valence-corrected chi connectivity index (χ0v) is 12.8. The van der Waals surface area contributed by atoms with E-state index < -0.39 is 9.84 Å². The van der Waals surface area contributed by atoms with E-state index in [0.29, 0.717) is 11.5 Å². The van der Waals surface area contributed by atoms with E-state index in [2.05, 4.69) is 15.9 Å². The van der Waals surface area contributed by atoms with E-state index in [9.17, 15) is 8.42 Å². The Hall–Kier alpha value is -0.550. The van der Waals surface area contributed by atoms with Gasteiger partial charge in [0.15, 0.2) is 9.84 Å². The first-order valence-electron chi connectivity index (χ1n) is 5.94. The van der Waals surface area contributed by atoms with Crippen LogP contribution in [-0.2, 0) is 9.84 Å². The van der Waals surface area contributed by atoms with Crippen molar-refractivity contribution in [3.63, 3.8) is 0 Å². The van der Waals surface area contributed by atoms with Crippen molar-refractivity contribution in [2.45, 2.75) is 24.2 Å². The van der Waals surface area contributed by atoms with Gasteiger partial charge in [0.1, 0.15) is 5.75 Å². The molecule has 18 heavy (non-hydrogen) atoms. The fraction of sp³-hybridized carbons (Fsp3) is 0.538. The summed E-state index contributed by atoms with van der Waals surface area (Å²) in [6.45, 7) is 0.691. The maximum Gasteiger partial charge on any atom is 0.175 e. The van der Waals surface area contributed by atoms with Gasteiger partial charge in [-0.25, -0.2) is 8.42 Å². The van der Waals surface area contributed by atoms with Crippen molar-refractivity contribution < 1.29 is 13.2 Å². The fourth-order valence-electron chi connectivity index (χ4n) is 2.01. The molecule has 100 valence electrons. The molecule has 0 aromatic heterocycles. The average Bonchev–Trinajstić information content (AvgIpc) is 2.28. The second kappa shape index (κ2) is 5.21. The van der Waals surface area contributed by atoms with E-state index in [1.54, 1.807) is 24.3 Å². The third kappa shape index (κ3) is 3.06. The van der Waals surface area contributed by atoms with Gasteiger partial charge in [0, 0.05) is 17.0 Å². The van der Waals surface area contributed by atoms with Gasteiger partial charge in [-0.15, -0.1) is 0 Å². The molecular formula is C13H17BrO3S. The minimum absolute atomic E-state index is 0.273. The summed E-state index contributed by atoms with van der Waals surface area (Å²) in [7, 11) is -3.12. The zero-order valence-electron chi connectivity index (χ0n) is 10.4. The number of alkyl halides is 1. The number of halogens is 1. The molecule has 2 rings (SSSR count). The number of rotatable bonds is 5. The van der Waals surface area contributed by atoms with Crippen LogP contribution in [0.15, 0.2) is 29.2 Å². The topological polar surface area (TPSA) is 43.4 Å².